The van der Waals surface area contributed by atoms with Crippen LogP contribution in [0.25, 0.3) is 22.4 Å². The lowest BCUT2D eigenvalue weighted by molar-refractivity contribution is 0.243. The minimum absolute atomic E-state index is 0.0974. The van der Waals surface area contributed by atoms with Gasteiger partial charge in [-0.25, -0.2) is 4.98 Å². The molecule has 4 aromatic rings. The van der Waals surface area contributed by atoms with Gasteiger partial charge in [0.1, 0.15) is 28.6 Å². The quantitative estimate of drug-likeness (QED) is 0.0883. The first kappa shape index (κ1) is 37.3. The van der Waals surface area contributed by atoms with E-state index in [2.05, 4.69) is 112 Å². The van der Waals surface area contributed by atoms with Crippen molar-refractivity contribution >= 4 is 11.0 Å². The molecule has 0 N–H and O–H groups in total. The van der Waals surface area contributed by atoms with Crippen LogP contribution in [0.15, 0.2) is 60.7 Å². The number of imidazole rings is 1. The van der Waals surface area contributed by atoms with E-state index in [0.717, 1.165) is 117 Å². The maximum absolute atomic E-state index is 6.51. The zero-order valence-electron chi connectivity index (χ0n) is 31.0. The monoisotopic (exact) mass is 656 g/mol. The number of aromatic nitrogens is 2. The number of ether oxygens (including phenoxy) is 3. The second-order valence-electron chi connectivity index (χ2n) is 13.6. The van der Waals surface area contributed by atoms with Gasteiger partial charge in [0, 0.05) is 37.3 Å². The molecule has 0 atom stereocenters. The largest absolute Gasteiger partial charge is 0.493 e. The average molecular weight is 657 g/mol. The molecule has 3 aromatic carbocycles. The molecule has 7 heteroatoms. The van der Waals surface area contributed by atoms with Crippen molar-refractivity contribution in [3.8, 4) is 34.4 Å². The van der Waals surface area contributed by atoms with Crippen molar-refractivity contribution in [2.45, 2.75) is 93.0 Å². The summed E-state index contributed by atoms with van der Waals surface area (Å²) in [7, 11) is 0. The maximum atomic E-state index is 6.51. The molecule has 48 heavy (non-hydrogen) atoms. The first-order valence-electron chi connectivity index (χ1n) is 18.3. The van der Waals surface area contributed by atoms with Crippen LogP contribution in [0.4, 0.5) is 0 Å². The number of aryl methyl sites for hydroxylation is 1. The number of nitrogens with zero attached hydrogens (tertiary/aromatic N) is 4. The SMILES string of the molecule is CCCCn1c(-c2cccc(Oc3ccc(C(C)(C)C)cc3)c2)nc2c(OCCCN(CC)CC)cc(OCCCN(CC)CC)cc21. The second kappa shape index (κ2) is 18.3. The summed E-state index contributed by atoms with van der Waals surface area (Å²) >= 11 is 0. The van der Waals surface area contributed by atoms with Crippen LogP contribution in [-0.2, 0) is 12.0 Å². The van der Waals surface area contributed by atoms with E-state index >= 15 is 0 Å². The lowest BCUT2D eigenvalue weighted by Gasteiger charge is -2.19. The Balaban J connectivity index is 1.67. The highest BCUT2D eigenvalue weighted by molar-refractivity contribution is 5.87. The highest BCUT2D eigenvalue weighted by Gasteiger charge is 2.19. The number of hydrogen-bond acceptors (Lipinski definition) is 6. The summed E-state index contributed by atoms with van der Waals surface area (Å²) in [5.74, 6) is 4.14. The van der Waals surface area contributed by atoms with Gasteiger partial charge in [0.05, 0.1) is 18.7 Å². The van der Waals surface area contributed by atoms with Crippen molar-refractivity contribution in [3.05, 3.63) is 66.2 Å². The van der Waals surface area contributed by atoms with E-state index in [1.54, 1.807) is 0 Å². The standard InChI is InChI=1S/C41H60N4O3/c1-9-14-26-45-37-30-36(46-27-16-24-43(10-2)11-3)31-38(47-28-17-25-44(12-4)13-5)39(37)42-40(45)32-18-15-19-35(29-32)48-34-22-20-33(21-23-34)41(6,7)8/h15,18-23,29-31H,9-14,16-17,24-28H2,1-8H3. The zero-order valence-corrected chi connectivity index (χ0v) is 31.0. The third-order valence-corrected chi connectivity index (χ3v) is 9.13. The van der Waals surface area contributed by atoms with Crippen molar-refractivity contribution < 1.29 is 14.2 Å². The Hall–Kier alpha value is -3.55. The van der Waals surface area contributed by atoms with Crippen molar-refractivity contribution in [3.63, 3.8) is 0 Å². The Morgan fingerprint density at radius 1 is 0.688 bits per heavy atom. The third kappa shape index (κ3) is 10.2. The van der Waals surface area contributed by atoms with Gasteiger partial charge in [-0.3, -0.25) is 0 Å². The first-order valence-corrected chi connectivity index (χ1v) is 18.3. The van der Waals surface area contributed by atoms with Crippen molar-refractivity contribution in [2.24, 2.45) is 0 Å². The van der Waals surface area contributed by atoms with Crippen molar-refractivity contribution in [1.29, 1.82) is 0 Å². The lowest BCUT2D eigenvalue weighted by Crippen LogP contribution is -2.25. The second-order valence-corrected chi connectivity index (χ2v) is 13.6. The Bertz CT molecular complexity index is 1530. The molecule has 0 fully saturated rings. The highest BCUT2D eigenvalue weighted by atomic mass is 16.5. The minimum Gasteiger partial charge on any atom is -0.493 e. The molecule has 1 aromatic heterocycles. The number of rotatable bonds is 20. The van der Waals surface area contributed by atoms with Crippen LogP contribution in [0.2, 0.25) is 0 Å². The first-order chi connectivity index (χ1) is 23.2. The normalized spacial score (nSPS) is 12.0. The van der Waals surface area contributed by atoms with Gasteiger partial charge in [-0.05, 0) is 80.7 Å². The molecule has 0 aliphatic carbocycles. The molecule has 0 bridgehead atoms. The van der Waals surface area contributed by atoms with Crippen LogP contribution in [0.5, 0.6) is 23.0 Å². The van der Waals surface area contributed by atoms with Crippen LogP contribution in [0.3, 0.4) is 0 Å². The predicted molar refractivity (Wildman–Crippen MR) is 201 cm³/mol. The molecule has 0 aliphatic rings. The van der Waals surface area contributed by atoms with Crippen LogP contribution in [0, 0.1) is 0 Å². The fourth-order valence-corrected chi connectivity index (χ4v) is 6.01. The van der Waals surface area contributed by atoms with Crippen molar-refractivity contribution in [1.82, 2.24) is 19.4 Å². The maximum Gasteiger partial charge on any atom is 0.150 e. The molecular formula is C41H60N4O3. The summed E-state index contributed by atoms with van der Waals surface area (Å²) in [6, 6.07) is 20.9. The molecule has 0 spiro atoms. The number of unbranched alkanes of at least 4 members (excludes halogenated alkanes) is 1. The fraction of sp³-hybridized carbons (Fsp3) is 0.537. The van der Waals surface area contributed by atoms with Crippen LogP contribution in [-0.4, -0.2) is 71.8 Å². The van der Waals surface area contributed by atoms with Gasteiger partial charge < -0.3 is 28.6 Å². The molecule has 1 heterocycles. The van der Waals surface area contributed by atoms with E-state index < -0.39 is 0 Å². The molecule has 0 amide bonds. The number of hydrogen-bond donors (Lipinski definition) is 0. The summed E-state index contributed by atoms with van der Waals surface area (Å²) in [6.45, 7) is 26.2. The third-order valence-electron chi connectivity index (χ3n) is 9.13. The van der Waals surface area contributed by atoms with Gasteiger partial charge in [-0.1, -0.05) is 86.1 Å². The molecule has 7 nitrogen and oxygen atoms in total. The van der Waals surface area contributed by atoms with Gasteiger partial charge in [0.2, 0.25) is 0 Å². The van der Waals surface area contributed by atoms with E-state index in [-0.39, 0.29) is 5.41 Å². The van der Waals surface area contributed by atoms with Gasteiger partial charge in [0.25, 0.3) is 0 Å². The highest BCUT2D eigenvalue weighted by Crippen LogP contribution is 2.36. The molecular weight excluding hydrogens is 596 g/mol. The predicted octanol–water partition coefficient (Wildman–Crippen LogP) is 9.81. The van der Waals surface area contributed by atoms with Gasteiger partial charge in [-0.15, -0.1) is 0 Å². The minimum atomic E-state index is 0.0974. The summed E-state index contributed by atoms with van der Waals surface area (Å²) in [4.78, 5) is 10.1. The van der Waals surface area contributed by atoms with Crippen LogP contribution in [0.1, 0.15) is 86.6 Å². The Kier molecular flexibility index (Phi) is 14.2. The van der Waals surface area contributed by atoms with Gasteiger partial charge in [-0.2, -0.15) is 0 Å². The van der Waals surface area contributed by atoms with Crippen molar-refractivity contribution in [2.75, 3.05) is 52.5 Å². The smallest absolute Gasteiger partial charge is 0.150 e. The lowest BCUT2D eigenvalue weighted by atomic mass is 9.87. The van der Waals surface area contributed by atoms with Crippen LogP contribution >= 0.6 is 0 Å². The topological polar surface area (TPSA) is 52.0 Å². The molecule has 262 valence electrons. The van der Waals surface area contributed by atoms with Gasteiger partial charge >= 0.3 is 0 Å². The van der Waals surface area contributed by atoms with E-state index in [1.165, 1.54) is 5.56 Å². The summed E-state index contributed by atoms with van der Waals surface area (Å²) in [5, 5.41) is 0. The summed E-state index contributed by atoms with van der Waals surface area (Å²) in [5.41, 5.74) is 4.32. The fourth-order valence-electron chi connectivity index (χ4n) is 6.01. The zero-order chi connectivity index (χ0) is 34.5. The molecule has 4 rings (SSSR count). The van der Waals surface area contributed by atoms with E-state index in [4.69, 9.17) is 19.2 Å². The molecule has 0 aliphatic heterocycles. The Morgan fingerprint density at radius 3 is 1.94 bits per heavy atom. The van der Waals surface area contributed by atoms with E-state index in [0.29, 0.717) is 13.2 Å². The van der Waals surface area contributed by atoms with E-state index in [1.807, 2.05) is 18.2 Å². The Morgan fingerprint density at radius 2 is 1.33 bits per heavy atom. The number of fused-ring (bicyclic) bond motifs is 1. The van der Waals surface area contributed by atoms with E-state index in [9.17, 15) is 0 Å². The molecule has 0 radical (unpaired) electrons. The number of benzene rings is 3. The van der Waals surface area contributed by atoms with Gasteiger partial charge in [0.15, 0.2) is 5.75 Å². The summed E-state index contributed by atoms with van der Waals surface area (Å²) < 4.78 is 21.6. The molecule has 0 saturated carbocycles. The average Bonchev–Trinajstić information content (AvgIpc) is 3.46. The van der Waals surface area contributed by atoms with Crippen LogP contribution < -0.4 is 14.2 Å². The molecule has 0 unspecified atom stereocenters. The Labute approximate surface area is 290 Å². The summed E-state index contributed by atoms with van der Waals surface area (Å²) in [6.07, 6.45) is 4.07. The molecule has 0 saturated heterocycles.